The molecule has 2 aromatic rings. The predicted molar refractivity (Wildman–Crippen MR) is 121 cm³/mol. The molecule has 0 aromatic heterocycles. The molecule has 0 saturated carbocycles. The number of hydrazone groups is 1. The van der Waals surface area contributed by atoms with Gasteiger partial charge in [-0.25, -0.2) is 14.2 Å². The Kier molecular flexibility index (Phi) is 7.93. The van der Waals surface area contributed by atoms with E-state index >= 15 is 0 Å². The summed E-state index contributed by atoms with van der Waals surface area (Å²) in [5, 5.41) is 8.29. The van der Waals surface area contributed by atoms with Crippen LogP contribution in [0.25, 0.3) is 0 Å². The van der Waals surface area contributed by atoms with Gasteiger partial charge in [0, 0.05) is 11.3 Å². The van der Waals surface area contributed by atoms with E-state index in [2.05, 4.69) is 15.2 Å². The number of benzene rings is 2. The quantitative estimate of drug-likeness (QED) is 0.593. The summed E-state index contributed by atoms with van der Waals surface area (Å²) in [6.45, 7) is 1.25. The molecular formula is C22H24FN3O5S. The van der Waals surface area contributed by atoms with Crippen LogP contribution in [0.15, 0.2) is 47.6 Å². The van der Waals surface area contributed by atoms with Crippen LogP contribution in [0.3, 0.4) is 0 Å². The van der Waals surface area contributed by atoms with Crippen molar-refractivity contribution in [3.8, 4) is 11.5 Å². The van der Waals surface area contributed by atoms with Gasteiger partial charge in [-0.2, -0.15) is 5.10 Å². The van der Waals surface area contributed by atoms with Gasteiger partial charge < -0.3 is 14.2 Å². The first-order valence-corrected chi connectivity index (χ1v) is 10.7. The molecule has 0 saturated heterocycles. The summed E-state index contributed by atoms with van der Waals surface area (Å²) in [6.07, 6.45) is 0.137. The standard InChI is InChI=1S/C22H24FN3O5S/c1-4-19-20(15-7-10-17(29-2)18(11-15)31-13-23)25-26(22(28)32-19)12-14-5-8-16(9-6-14)24-21(27)30-3/h5-11,19H,4,12-13H2,1-3H3,(H,24,27). The van der Waals surface area contributed by atoms with E-state index in [1.807, 2.05) is 13.0 Å². The van der Waals surface area contributed by atoms with E-state index in [0.29, 0.717) is 23.6 Å². The van der Waals surface area contributed by atoms with E-state index in [1.165, 1.54) is 31.0 Å². The highest BCUT2D eigenvalue weighted by Gasteiger charge is 2.30. The molecule has 8 nitrogen and oxygen atoms in total. The van der Waals surface area contributed by atoms with Gasteiger partial charge in [0.15, 0.2) is 11.5 Å². The number of halogens is 1. The molecule has 1 heterocycles. The van der Waals surface area contributed by atoms with Crippen LogP contribution < -0.4 is 14.8 Å². The number of carbonyl (C=O) groups is 2. The molecule has 2 amide bonds. The first-order chi connectivity index (χ1) is 15.5. The zero-order valence-electron chi connectivity index (χ0n) is 18.0. The molecule has 2 aromatic carbocycles. The average Bonchev–Trinajstić information content (AvgIpc) is 2.81. The van der Waals surface area contributed by atoms with Crippen molar-refractivity contribution in [3.05, 3.63) is 53.6 Å². The van der Waals surface area contributed by atoms with Gasteiger partial charge in [0.2, 0.25) is 6.86 Å². The summed E-state index contributed by atoms with van der Waals surface area (Å²) in [5.74, 6) is 0.685. The van der Waals surface area contributed by atoms with Crippen molar-refractivity contribution in [2.24, 2.45) is 5.10 Å². The normalized spacial score (nSPS) is 15.8. The van der Waals surface area contributed by atoms with E-state index in [9.17, 15) is 14.0 Å². The third kappa shape index (κ3) is 5.50. The van der Waals surface area contributed by atoms with Crippen LogP contribution in [0.5, 0.6) is 11.5 Å². The van der Waals surface area contributed by atoms with Crippen molar-refractivity contribution in [2.75, 3.05) is 26.4 Å². The highest BCUT2D eigenvalue weighted by molar-refractivity contribution is 8.14. The summed E-state index contributed by atoms with van der Waals surface area (Å²) in [5.41, 5.74) is 2.84. The second-order valence-corrected chi connectivity index (χ2v) is 7.91. The molecule has 0 aliphatic carbocycles. The lowest BCUT2D eigenvalue weighted by molar-refractivity contribution is 0.184. The highest BCUT2D eigenvalue weighted by atomic mass is 32.2. The summed E-state index contributed by atoms with van der Waals surface area (Å²) in [7, 11) is 2.77. The van der Waals surface area contributed by atoms with E-state index < -0.39 is 13.0 Å². The Morgan fingerprint density at radius 2 is 1.94 bits per heavy atom. The Bertz CT molecular complexity index is 1000. The van der Waals surface area contributed by atoms with Crippen LogP contribution in [0, 0.1) is 0 Å². The number of rotatable bonds is 8. The Morgan fingerprint density at radius 3 is 2.56 bits per heavy atom. The maximum Gasteiger partial charge on any atom is 0.411 e. The van der Waals surface area contributed by atoms with Crippen molar-refractivity contribution in [1.82, 2.24) is 5.01 Å². The SMILES string of the molecule is CCC1SC(=O)N(Cc2ccc(NC(=O)OC)cc2)N=C1c1ccc(OC)c(OCF)c1. The second kappa shape index (κ2) is 10.9. The Morgan fingerprint density at radius 1 is 1.19 bits per heavy atom. The fraction of sp³-hybridized carbons (Fsp3) is 0.318. The van der Waals surface area contributed by atoms with Crippen molar-refractivity contribution in [1.29, 1.82) is 0 Å². The monoisotopic (exact) mass is 461 g/mol. The zero-order valence-corrected chi connectivity index (χ0v) is 18.8. The van der Waals surface area contributed by atoms with Crippen LogP contribution in [0.4, 0.5) is 19.7 Å². The molecule has 32 heavy (non-hydrogen) atoms. The number of alkyl halides is 1. The minimum absolute atomic E-state index is 0.142. The summed E-state index contributed by atoms with van der Waals surface area (Å²) in [6, 6.07) is 12.2. The van der Waals surface area contributed by atoms with Gasteiger partial charge in [0.1, 0.15) is 0 Å². The number of hydrogen-bond donors (Lipinski definition) is 1. The Balaban J connectivity index is 1.86. The molecule has 0 bridgehead atoms. The molecular weight excluding hydrogens is 437 g/mol. The molecule has 10 heteroatoms. The second-order valence-electron chi connectivity index (χ2n) is 6.76. The van der Waals surface area contributed by atoms with Crippen molar-refractivity contribution >= 4 is 34.5 Å². The smallest absolute Gasteiger partial charge is 0.411 e. The van der Waals surface area contributed by atoms with Gasteiger partial charge in [0.25, 0.3) is 0 Å². The lowest BCUT2D eigenvalue weighted by Gasteiger charge is -2.28. The Labute approximate surface area is 189 Å². The first-order valence-electron chi connectivity index (χ1n) is 9.86. The molecule has 1 aliphatic rings. The Hall–Kier alpha value is -3.27. The minimum Gasteiger partial charge on any atom is -0.493 e. The van der Waals surface area contributed by atoms with Gasteiger partial charge in [0.05, 0.1) is 31.7 Å². The molecule has 0 spiro atoms. The van der Waals surface area contributed by atoms with E-state index in [0.717, 1.165) is 11.1 Å². The summed E-state index contributed by atoms with van der Waals surface area (Å²) < 4.78 is 27.6. The van der Waals surface area contributed by atoms with Crippen LogP contribution >= 0.6 is 11.8 Å². The molecule has 0 fully saturated rings. The van der Waals surface area contributed by atoms with E-state index in [1.54, 1.807) is 36.4 Å². The van der Waals surface area contributed by atoms with E-state index in [-0.39, 0.29) is 22.8 Å². The third-order valence-electron chi connectivity index (χ3n) is 4.75. The fourth-order valence-corrected chi connectivity index (χ4v) is 4.07. The molecule has 1 atom stereocenters. The molecule has 0 radical (unpaired) electrons. The van der Waals surface area contributed by atoms with Gasteiger partial charge in [-0.15, -0.1) is 0 Å². The number of thioether (sulfide) groups is 1. The zero-order chi connectivity index (χ0) is 23.1. The van der Waals surface area contributed by atoms with E-state index in [4.69, 9.17) is 9.47 Å². The number of hydrogen-bond acceptors (Lipinski definition) is 7. The number of methoxy groups -OCH3 is 2. The molecule has 1 unspecified atom stereocenters. The molecule has 1 aliphatic heterocycles. The maximum atomic E-state index is 12.8. The van der Waals surface area contributed by atoms with Crippen molar-refractivity contribution < 1.29 is 28.2 Å². The number of anilines is 1. The lowest BCUT2D eigenvalue weighted by Crippen LogP contribution is -2.34. The van der Waals surface area contributed by atoms with Gasteiger partial charge >= 0.3 is 11.3 Å². The first kappa shape index (κ1) is 23.4. The van der Waals surface area contributed by atoms with Crippen LogP contribution in [-0.4, -0.2) is 48.4 Å². The topological polar surface area (TPSA) is 89.5 Å². The highest BCUT2D eigenvalue weighted by Crippen LogP contribution is 2.34. The van der Waals surface area contributed by atoms with Gasteiger partial charge in [-0.1, -0.05) is 30.8 Å². The van der Waals surface area contributed by atoms with Crippen LogP contribution in [0.1, 0.15) is 24.5 Å². The van der Waals surface area contributed by atoms with Crippen LogP contribution in [0.2, 0.25) is 0 Å². The van der Waals surface area contributed by atoms with Crippen molar-refractivity contribution in [2.45, 2.75) is 25.1 Å². The number of nitrogens with zero attached hydrogens (tertiary/aromatic N) is 2. The number of ether oxygens (including phenoxy) is 3. The lowest BCUT2D eigenvalue weighted by atomic mass is 10.0. The maximum absolute atomic E-state index is 12.8. The number of carbonyl (C=O) groups excluding carboxylic acids is 2. The van der Waals surface area contributed by atoms with Crippen LogP contribution in [-0.2, 0) is 11.3 Å². The fourth-order valence-electron chi connectivity index (χ4n) is 3.14. The molecule has 170 valence electrons. The predicted octanol–water partition coefficient (Wildman–Crippen LogP) is 5.03. The third-order valence-corrected chi connectivity index (χ3v) is 6.00. The molecule has 1 N–H and O–H groups in total. The number of amides is 2. The number of nitrogens with one attached hydrogen (secondary N) is 1. The average molecular weight is 462 g/mol. The largest absolute Gasteiger partial charge is 0.493 e. The van der Waals surface area contributed by atoms with Gasteiger partial charge in [-0.3, -0.25) is 10.1 Å². The summed E-state index contributed by atoms with van der Waals surface area (Å²) in [4.78, 5) is 24.0. The molecule has 3 rings (SSSR count). The van der Waals surface area contributed by atoms with Crippen molar-refractivity contribution in [3.63, 3.8) is 0 Å². The summed E-state index contributed by atoms with van der Waals surface area (Å²) >= 11 is 1.20. The van der Waals surface area contributed by atoms with Gasteiger partial charge in [-0.05, 0) is 42.3 Å². The minimum atomic E-state index is -0.982.